The molecule has 3 aromatic heterocycles. The number of rotatable bonds is 5. The zero-order chi connectivity index (χ0) is 22.9. The molecule has 3 aromatic rings. The van der Waals surface area contributed by atoms with Crippen molar-refractivity contribution in [3.05, 3.63) is 77.0 Å². The van der Waals surface area contributed by atoms with Gasteiger partial charge in [0.25, 0.3) is 5.91 Å². The monoisotopic (exact) mass is 448 g/mol. The van der Waals surface area contributed by atoms with E-state index in [2.05, 4.69) is 0 Å². The molecule has 8 heteroatoms. The maximum Gasteiger partial charge on any atom is 0.342 e. The van der Waals surface area contributed by atoms with Gasteiger partial charge in [0.1, 0.15) is 34.6 Å². The summed E-state index contributed by atoms with van der Waals surface area (Å²) >= 11 is 0. The number of aryl methyl sites for hydroxylation is 2. The first-order valence-corrected chi connectivity index (χ1v) is 10.9. The Morgan fingerprint density at radius 2 is 2.03 bits per heavy atom. The van der Waals surface area contributed by atoms with Crippen molar-refractivity contribution in [2.24, 2.45) is 11.0 Å². The highest BCUT2D eigenvalue weighted by atomic mass is 16.5. The molecule has 2 aliphatic rings. The van der Waals surface area contributed by atoms with Crippen molar-refractivity contribution >= 4 is 23.7 Å². The molecule has 0 bridgehead atoms. The number of allylic oxidation sites excluding steroid dienone is 1. The normalized spacial score (nSPS) is 21.2. The lowest BCUT2D eigenvalue weighted by Crippen LogP contribution is -2.34. The standard InChI is InChI=1S/C25H24N2O6/c1-15-12-20(16(2)33-15)25(29)32-14-22(28)27-24(21-9-5-11-31-21)19-8-3-6-17(23(19)26-27)13-18-7-4-10-30-18/h4-5,7,9-13,19,24H,3,6,8,14H2,1-2H3. The Bertz CT molecular complexity index is 1220. The summed E-state index contributed by atoms with van der Waals surface area (Å²) in [4.78, 5) is 25.6. The van der Waals surface area contributed by atoms with E-state index in [-0.39, 0.29) is 12.0 Å². The topological polar surface area (TPSA) is 98.4 Å². The van der Waals surface area contributed by atoms with E-state index in [1.165, 1.54) is 5.01 Å². The second-order valence-electron chi connectivity index (χ2n) is 8.27. The summed E-state index contributed by atoms with van der Waals surface area (Å²) in [5.74, 6) is 1.43. The van der Waals surface area contributed by atoms with Gasteiger partial charge in [0, 0.05) is 5.92 Å². The molecular weight excluding hydrogens is 424 g/mol. The maximum absolute atomic E-state index is 13.2. The molecule has 2 unspecified atom stereocenters. The van der Waals surface area contributed by atoms with Gasteiger partial charge in [-0.3, -0.25) is 4.79 Å². The molecule has 1 fully saturated rings. The fourth-order valence-electron chi connectivity index (χ4n) is 4.59. The first kappa shape index (κ1) is 21.1. The van der Waals surface area contributed by atoms with E-state index < -0.39 is 18.5 Å². The van der Waals surface area contributed by atoms with E-state index in [0.717, 1.165) is 36.3 Å². The Labute approximate surface area is 190 Å². The van der Waals surface area contributed by atoms with Crippen molar-refractivity contribution in [2.45, 2.75) is 39.2 Å². The average molecular weight is 448 g/mol. The summed E-state index contributed by atoms with van der Waals surface area (Å²) in [6, 6.07) is 8.57. The molecule has 0 N–H and O–H groups in total. The summed E-state index contributed by atoms with van der Waals surface area (Å²) in [6.45, 7) is 3.00. The first-order valence-electron chi connectivity index (χ1n) is 10.9. The largest absolute Gasteiger partial charge is 0.467 e. The van der Waals surface area contributed by atoms with Crippen LogP contribution in [-0.2, 0) is 9.53 Å². The predicted molar refractivity (Wildman–Crippen MR) is 118 cm³/mol. The second kappa shape index (κ2) is 8.61. The summed E-state index contributed by atoms with van der Waals surface area (Å²) in [6.07, 6.45) is 7.87. The number of amides is 1. The molecule has 0 spiro atoms. The zero-order valence-corrected chi connectivity index (χ0v) is 18.4. The van der Waals surface area contributed by atoms with Gasteiger partial charge in [-0.1, -0.05) is 0 Å². The van der Waals surface area contributed by atoms with E-state index in [1.807, 2.05) is 24.3 Å². The van der Waals surface area contributed by atoms with Crippen molar-refractivity contribution in [1.82, 2.24) is 5.01 Å². The van der Waals surface area contributed by atoms with Crippen molar-refractivity contribution < 1.29 is 27.6 Å². The van der Waals surface area contributed by atoms with Crippen molar-refractivity contribution in [2.75, 3.05) is 6.61 Å². The molecule has 0 aromatic carbocycles. The molecule has 1 amide bonds. The second-order valence-corrected chi connectivity index (χ2v) is 8.27. The Hall–Kier alpha value is -3.81. The molecule has 4 heterocycles. The fraction of sp³-hybridized carbons (Fsp3) is 0.320. The van der Waals surface area contributed by atoms with Crippen LogP contribution >= 0.6 is 0 Å². The van der Waals surface area contributed by atoms with Crippen LogP contribution in [0.3, 0.4) is 0 Å². The highest BCUT2D eigenvalue weighted by Gasteiger charge is 2.45. The number of fused-ring (bicyclic) bond motifs is 1. The third-order valence-electron chi connectivity index (χ3n) is 6.04. The van der Waals surface area contributed by atoms with Gasteiger partial charge in [-0.15, -0.1) is 0 Å². The Morgan fingerprint density at radius 3 is 2.73 bits per heavy atom. The van der Waals surface area contributed by atoms with E-state index >= 15 is 0 Å². The van der Waals surface area contributed by atoms with Crippen LogP contribution in [-0.4, -0.2) is 29.2 Å². The van der Waals surface area contributed by atoms with Crippen molar-refractivity contribution in [3.8, 4) is 0 Å². The summed E-state index contributed by atoms with van der Waals surface area (Å²) in [5, 5.41) is 6.11. The van der Waals surface area contributed by atoms with Crippen LogP contribution in [0, 0.1) is 19.8 Å². The lowest BCUT2D eigenvalue weighted by Gasteiger charge is -2.27. The molecule has 33 heavy (non-hydrogen) atoms. The highest BCUT2D eigenvalue weighted by Crippen LogP contribution is 2.44. The van der Waals surface area contributed by atoms with Gasteiger partial charge in [-0.05, 0) is 75.1 Å². The fourth-order valence-corrected chi connectivity index (χ4v) is 4.59. The number of carbonyl (C=O) groups excluding carboxylic acids is 2. The summed E-state index contributed by atoms with van der Waals surface area (Å²) < 4.78 is 21.8. The Morgan fingerprint density at radius 1 is 1.21 bits per heavy atom. The van der Waals surface area contributed by atoms with Crippen molar-refractivity contribution in [1.29, 1.82) is 0 Å². The quantitative estimate of drug-likeness (QED) is 0.506. The number of ether oxygens (including phenoxy) is 1. The van der Waals surface area contributed by atoms with Gasteiger partial charge >= 0.3 is 5.97 Å². The SMILES string of the molecule is Cc1cc(C(=O)OCC(=O)N2N=C3C(=Cc4ccco4)CCCC3C2c2ccco2)c(C)o1. The molecule has 1 saturated carbocycles. The summed E-state index contributed by atoms with van der Waals surface area (Å²) in [5.41, 5.74) is 2.20. The van der Waals surface area contributed by atoms with Crippen LogP contribution in [0.5, 0.6) is 0 Å². The lowest BCUT2D eigenvalue weighted by molar-refractivity contribution is -0.137. The number of hydrogen-bond acceptors (Lipinski definition) is 7. The van der Waals surface area contributed by atoms with Crippen LogP contribution in [0.4, 0.5) is 0 Å². The molecular formula is C25H24N2O6. The number of esters is 1. The molecule has 170 valence electrons. The van der Waals surface area contributed by atoms with Crippen LogP contribution in [0.2, 0.25) is 0 Å². The molecule has 1 aliphatic heterocycles. The number of furan rings is 3. The van der Waals surface area contributed by atoms with E-state index in [9.17, 15) is 9.59 Å². The third kappa shape index (κ3) is 4.04. The molecule has 5 rings (SSSR count). The van der Waals surface area contributed by atoms with Crippen LogP contribution in [0.25, 0.3) is 6.08 Å². The molecule has 2 atom stereocenters. The van der Waals surface area contributed by atoms with Crippen molar-refractivity contribution in [3.63, 3.8) is 0 Å². The van der Waals surface area contributed by atoms with E-state index in [1.54, 1.807) is 38.5 Å². The summed E-state index contributed by atoms with van der Waals surface area (Å²) in [7, 11) is 0. The van der Waals surface area contributed by atoms with Gasteiger partial charge < -0.3 is 18.0 Å². The minimum Gasteiger partial charge on any atom is -0.467 e. The predicted octanol–water partition coefficient (Wildman–Crippen LogP) is 5.06. The first-order chi connectivity index (χ1) is 16.0. The minimum atomic E-state index is -0.602. The van der Waals surface area contributed by atoms with Gasteiger partial charge in [0.2, 0.25) is 0 Å². The van der Waals surface area contributed by atoms with Crippen LogP contribution < -0.4 is 0 Å². The van der Waals surface area contributed by atoms with Crippen LogP contribution in [0.1, 0.15) is 58.7 Å². The van der Waals surface area contributed by atoms with Crippen LogP contribution in [0.15, 0.2) is 66.8 Å². The smallest absolute Gasteiger partial charge is 0.342 e. The molecule has 0 radical (unpaired) electrons. The highest BCUT2D eigenvalue weighted by molar-refractivity contribution is 6.08. The zero-order valence-electron chi connectivity index (χ0n) is 18.4. The Balaban J connectivity index is 1.40. The number of nitrogens with zero attached hydrogens (tertiary/aromatic N) is 2. The van der Waals surface area contributed by atoms with Gasteiger partial charge in [0.15, 0.2) is 6.61 Å². The van der Waals surface area contributed by atoms with Gasteiger partial charge in [-0.25, -0.2) is 9.80 Å². The number of hydrazone groups is 1. The van der Waals surface area contributed by atoms with Gasteiger partial charge in [0.05, 0.1) is 18.2 Å². The molecule has 0 saturated heterocycles. The average Bonchev–Trinajstić information content (AvgIpc) is 3.58. The number of carbonyl (C=O) groups is 2. The molecule has 1 aliphatic carbocycles. The van der Waals surface area contributed by atoms with Gasteiger partial charge in [-0.2, -0.15) is 5.10 Å². The molecule has 8 nitrogen and oxygen atoms in total. The lowest BCUT2D eigenvalue weighted by atomic mass is 9.79. The van der Waals surface area contributed by atoms with E-state index in [0.29, 0.717) is 22.8 Å². The maximum atomic E-state index is 13.2. The Kier molecular flexibility index (Phi) is 5.50. The minimum absolute atomic E-state index is 0.00969. The third-order valence-corrected chi connectivity index (χ3v) is 6.04. The number of hydrogen-bond donors (Lipinski definition) is 0. The van der Waals surface area contributed by atoms with E-state index in [4.69, 9.17) is 23.1 Å².